The summed E-state index contributed by atoms with van der Waals surface area (Å²) in [5.41, 5.74) is 9.46. The number of hydrogen-bond donors (Lipinski definition) is 1. The highest BCUT2D eigenvalue weighted by Gasteiger charge is 2.10. The molecule has 1 unspecified atom stereocenters. The van der Waals surface area contributed by atoms with Crippen LogP contribution in [0.15, 0.2) is 42.5 Å². The van der Waals surface area contributed by atoms with Gasteiger partial charge in [0.2, 0.25) is 0 Å². The van der Waals surface area contributed by atoms with Gasteiger partial charge in [0.25, 0.3) is 0 Å². The minimum Gasteiger partial charge on any atom is -0.491 e. The summed E-state index contributed by atoms with van der Waals surface area (Å²) >= 11 is 6.04. The number of nitrogens with two attached hydrogens (primary N) is 1. The van der Waals surface area contributed by atoms with Crippen LogP contribution < -0.4 is 10.5 Å². The van der Waals surface area contributed by atoms with E-state index in [-0.39, 0.29) is 12.1 Å². The van der Waals surface area contributed by atoms with Crippen LogP contribution in [0.2, 0.25) is 5.02 Å². The molecule has 2 N–H and O–H groups in total. The van der Waals surface area contributed by atoms with E-state index in [0.29, 0.717) is 0 Å². The van der Waals surface area contributed by atoms with Crippen LogP contribution >= 0.6 is 11.6 Å². The highest BCUT2D eigenvalue weighted by atomic mass is 35.5. The lowest BCUT2D eigenvalue weighted by atomic mass is 9.98. The lowest BCUT2D eigenvalue weighted by Gasteiger charge is -2.15. The molecule has 0 saturated heterocycles. The van der Waals surface area contributed by atoms with Crippen LogP contribution in [0.3, 0.4) is 0 Å². The first-order chi connectivity index (χ1) is 9.47. The van der Waals surface area contributed by atoms with Gasteiger partial charge < -0.3 is 10.5 Å². The third-order valence-electron chi connectivity index (χ3n) is 3.15. The van der Waals surface area contributed by atoms with Gasteiger partial charge in [-0.2, -0.15) is 0 Å². The normalized spacial score (nSPS) is 12.5. The zero-order chi connectivity index (χ0) is 14.7. The molecule has 0 radical (unpaired) electrons. The van der Waals surface area contributed by atoms with Gasteiger partial charge >= 0.3 is 0 Å². The van der Waals surface area contributed by atoms with Crippen molar-refractivity contribution in [3.05, 3.63) is 64.2 Å². The fourth-order valence-electron chi connectivity index (χ4n) is 2.08. The Morgan fingerprint density at radius 1 is 1.00 bits per heavy atom. The van der Waals surface area contributed by atoms with Crippen LogP contribution in [-0.2, 0) is 0 Å². The minimum absolute atomic E-state index is 0.154. The summed E-state index contributed by atoms with van der Waals surface area (Å²) in [6.45, 7) is 6.00. The molecule has 20 heavy (non-hydrogen) atoms. The largest absolute Gasteiger partial charge is 0.491 e. The molecule has 0 aliphatic carbocycles. The second kappa shape index (κ2) is 6.29. The number of rotatable bonds is 4. The van der Waals surface area contributed by atoms with E-state index in [2.05, 4.69) is 0 Å². The van der Waals surface area contributed by atoms with Crippen molar-refractivity contribution in [2.24, 2.45) is 5.73 Å². The van der Waals surface area contributed by atoms with Gasteiger partial charge in [-0.15, -0.1) is 0 Å². The van der Waals surface area contributed by atoms with Gasteiger partial charge in [-0.1, -0.05) is 35.9 Å². The first kappa shape index (κ1) is 14.9. The van der Waals surface area contributed by atoms with Crippen molar-refractivity contribution in [3.63, 3.8) is 0 Å². The van der Waals surface area contributed by atoms with Gasteiger partial charge in [0, 0.05) is 5.02 Å². The molecule has 0 saturated carbocycles. The van der Waals surface area contributed by atoms with Gasteiger partial charge in [0.15, 0.2) is 0 Å². The van der Waals surface area contributed by atoms with Crippen LogP contribution in [0.4, 0.5) is 0 Å². The molecule has 3 heteroatoms. The van der Waals surface area contributed by atoms with E-state index >= 15 is 0 Å². The Bertz CT molecular complexity index is 578. The molecule has 0 bridgehead atoms. The number of benzene rings is 2. The summed E-state index contributed by atoms with van der Waals surface area (Å²) in [5, 5.41) is 0.765. The van der Waals surface area contributed by atoms with E-state index < -0.39 is 0 Å². The highest BCUT2D eigenvalue weighted by Crippen LogP contribution is 2.25. The molecule has 106 valence electrons. The molecule has 2 aromatic rings. The minimum atomic E-state index is -0.154. The average Bonchev–Trinajstić information content (AvgIpc) is 2.41. The summed E-state index contributed by atoms with van der Waals surface area (Å²) in [4.78, 5) is 0. The molecule has 2 nitrogen and oxygen atoms in total. The molecule has 0 aliphatic heterocycles. The number of halogens is 1. The standard InChI is InChI=1S/C17H20ClNO/c1-11(2)20-15-7-4-13(5-8-15)17(19)14-6-9-16(18)12(3)10-14/h4-11,17H,19H2,1-3H3. The van der Waals surface area contributed by atoms with Crippen LogP contribution in [0.25, 0.3) is 0 Å². The maximum Gasteiger partial charge on any atom is 0.119 e. The monoisotopic (exact) mass is 289 g/mol. The van der Waals surface area contributed by atoms with Crippen molar-refractivity contribution in [2.45, 2.75) is 32.9 Å². The predicted octanol–water partition coefficient (Wildman–Crippen LogP) is 4.48. The Balaban J connectivity index is 2.20. The lowest BCUT2D eigenvalue weighted by Crippen LogP contribution is -2.12. The third-order valence-corrected chi connectivity index (χ3v) is 3.58. The van der Waals surface area contributed by atoms with Crippen LogP contribution in [0.1, 0.15) is 36.6 Å². The van der Waals surface area contributed by atoms with Crippen molar-refractivity contribution in [3.8, 4) is 5.75 Å². The zero-order valence-electron chi connectivity index (χ0n) is 12.1. The summed E-state index contributed by atoms with van der Waals surface area (Å²) in [6, 6.07) is 13.7. The van der Waals surface area contributed by atoms with Gasteiger partial charge in [-0.25, -0.2) is 0 Å². The molecule has 0 spiro atoms. The maximum atomic E-state index is 6.30. The van der Waals surface area contributed by atoms with E-state index in [1.165, 1.54) is 0 Å². The summed E-state index contributed by atoms with van der Waals surface area (Å²) in [5.74, 6) is 0.864. The van der Waals surface area contributed by atoms with Gasteiger partial charge in [-0.3, -0.25) is 0 Å². The quantitative estimate of drug-likeness (QED) is 0.900. The highest BCUT2D eigenvalue weighted by molar-refractivity contribution is 6.31. The first-order valence-corrected chi connectivity index (χ1v) is 7.13. The maximum absolute atomic E-state index is 6.30. The molecule has 2 aromatic carbocycles. The molecule has 0 heterocycles. The predicted molar refractivity (Wildman–Crippen MR) is 84.4 cm³/mol. The smallest absolute Gasteiger partial charge is 0.119 e. The van der Waals surface area contributed by atoms with Crippen LogP contribution in [-0.4, -0.2) is 6.10 Å². The summed E-state index contributed by atoms with van der Waals surface area (Å²) < 4.78 is 5.63. The molecular weight excluding hydrogens is 270 g/mol. The average molecular weight is 290 g/mol. The van der Waals surface area contributed by atoms with E-state index in [4.69, 9.17) is 22.1 Å². The third kappa shape index (κ3) is 3.53. The van der Waals surface area contributed by atoms with Crippen molar-refractivity contribution < 1.29 is 4.74 Å². The van der Waals surface area contributed by atoms with Crippen molar-refractivity contribution in [2.75, 3.05) is 0 Å². The lowest BCUT2D eigenvalue weighted by molar-refractivity contribution is 0.242. The molecule has 0 aliphatic rings. The van der Waals surface area contributed by atoms with Crippen LogP contribution in [0, 0.1) is 6.92 Å². The van der Waals surface area contributed by atoms with E-state index in [9.17, 15) is 0 Å². The van der Waals surface area contributed by atoms with E-state index in [0.717, 1.165) is 27.5 Å². The van der Waals surface area contributed by atoms with E-state index in [1.54, 1.807) is 0 Å². The second-order valence-electron chi connectivity index (χ2n) is 5.22. The summed E-state index contributed by atoms with van der Waals surface area (Å²) in [6.07, 6.45) is 0.174. The van der Waals surface area contributed by atoms with Crippen molar-refractivity contribution in [1.29, 1.82) is 0 Å². The fraction of sp³-hybridized carbons (Fsp3) is 0.294. The van der Waals surface area contributed by atoms with Crippen molar-refractivity contribution >= 4 is 11.6 Å². The summed E-state index contributed by atoms with van der Waals surface area (Å²) in [7, 11) is 0. The second-order valence-corrected chi connectivity index (χ2v) is 5.63. The molecule has 2 rings (SSSR count). The Hall–Kier alpha value is -1.51. The van der Waals surface area contributed by atoms with E-state index in [1.807, 2.05) is 63.2 Å². The van der Waals surface area contributed by atoms with Crippen molar-refractivity contribution in [1.82, 2.24) is 0 Å². The zero-order valence-corrected chi connectivity index (χ0v) is 12.8. The Morgan fingerprint density at radius 3 is 2.15 bits per heavy atom. The number of ether oxygens (including phenoxy) is 1. The Labute approximate surface area is 125 Å². The SMILES string of the molecule is Cc1cc(C(N)c2ccc(OC(C)C)cc2)ccc1Cl. The van der Waals surface area contributed by atoms with Crippen LogP contribution in [0.5, 0.6) is 5.75 Å². The topological polar surface area (TPSA) is 35.2 Å². The van der Waals surface area contributed by atoms with Gasteiger partial charge in [0.1, 0.15) is 5.75 Å². The fourth-order valence-corrected chi connectivity index (χ4v) is 2.20. The molecule has 1 atom stereocenters. The molecular formula is C17H20ClNO. The Morgan fingerprint density at radius 2 is 1.60 bits per heavy atom. The number of aryl methyl sites for hydroxylation is 1. The molecule has 0 amide bonds. The molecule has 0 fully saturated rings. The van der Waals surface area contributed by atoms with Gasteiger partial charge in [0.05, 0.1) is 12.1 Å². The first-order valence-electron chi connectivity index (χ1n) is 6.75. The Kier molecular flexibility index (Phi) is 4.69. The van der Waals surface area contributed by atoms with Gasteiger partial charge in [-0.05, 0) is 55.7 Å². The molecule has 0 aromatic heterocycles. The number of hydrogen-bond acceptors (Lipinski definition) is 2.